The van der Waals surface area contributed by atoms with Crippen molar-refractivity contribution in [1.29, 1.82) is 0 Å². The topological polar surface area (TPSA) is 77.0 Å². The molecule has 0 radical (unpaired) electrons. The molecule has 0 aliphatic rings. The summed E-state index contributed by atoms with van der Waals surface area (Å²) >= 11 is 0. The van der Waals surface area contributed by atoms with Crippen LogP contribution in [0.25, 0.3) is 0 Å². The van der Waals surface area contributed by atoms with E-state index < -0.39 is 0 Å². The van der Waals surface area contributed by atoms with Crippen LogP contribution in [0.15, 0.2) is 18.3 Å². The second-order valence-corrected chi connectivity index (χ2v) is 2.51. The van der Waals surface area contributed by atoms with Crippen LogP contribution in [0.1, 0.15) is 6.42 Å². The molecule has 4 heteroatoms. The van der Waals surface area contributed by atoms with Crippen molar-refractivity contribution in [1.82, 2.24) is 4.98 Å². The number of nitrogens with zero attached hydrogens (tertiary/aromatic N) is 1. The maximum absolute atomic E-state index is 5.60. The lowest BCUT2D eigenvalue weighted by molar-refractivity contribution is 0.874. The Balaban J connectivity index is 2.46. The molecule has 4 nitrogen and oxygen atoms in total. The van der Waals surface area contributed by atoms with Gasteiger partial charge in [-0.3, -0.25) is 0 Å². The number of aromatic nitrogens is 1. The first kappa shape index (κ1) is 8.80. The van der Waals surface area contributed by atoms with Gasteiger partial charge in [0, 0.05) is 12.7 Å². The van der Waals surface area contributed by atoms with E-state index in [9.17, 15) is 0 Å². The minimum absolute atomic E-state index is 0.537. The van der Waals surface area contributed by atoms with Crippen LogP contribution in [0.2, 0.25) is 0 Å². The number of pyridine rings is 1. The van der Waals surface area contributed by atoms with Gasteiger partial charge in [0.1, 0.15) is 5.82 Å². The van der Waals surface area contributed by atoms with Gasteiger partial charge in [-0.05, 0) is 25.1 Å². The predicted octanol–water partition coefficient (Wildman–Crippen LogP) is 0.424. The first-order valence-electron chi connectivity index (χ1n) is 3.99. The number of hydrogen-bond acceptors (Lipinski definition) is 4. The highest BCUT2D eigenvalue weighted by Crippen LogP contribution is 2.12. The fourth-order valence-electron chi connectivity index (χ4n) is 0.892. The molecule has 1 heterocycles. The van der Waals surface area contributed by atoms with E-state index in [1.165, 1.54) is 0 Å². The number of nitrogen functional groups attached to an aromatic ring is 1. The maximum Gasteiger partial charge on any atom is 0.146 e. The highest BCUT2D eigenvalue weighted by molar-refractivity contribution is 5.60. The van der Waals surface area contributed by atoms with Crippen molar-refractivity contribution in [2.24, 2.45) is 5.73 Å². The second-order valence-electron chi connectivity index (χ2n) is 2.51. The third-order valence-electron chi connectivity index (χ3n) is 1.53. The molecule has 12 heavy (non-hydrogen) atoms. The Kier molecular flexibility index (Phi) is 3.35. The number of anilines is 2. The molecule has 1 rings (SSSR count). The predicted molar refractivity (Wildman–Crippen MR) is 50.8 cm³/mol. The zero-order valence-electron chi connectivity index (χ0n) is 6.96. The van der Waals surface area contributed by atoms with Gasteiger partial charge in [0.2, 0.25) is 0 Å². The molecule has 0 bridgehead atoms. The smallest absolute Gasteiger partial charge is 0.146 e. The Morgan fingerprint density at radius 3 is 3.00 bits per heavy atom. The monoisotopic (exact) mass is 166 g/mol. The summed E-state index contributed by atoms with van der Waals surface area (Å²) in [5, 5.41) is 3.15. The van der Waals surface area contributed by atoms with Crippen LogP contribution < -0.4 is 16.8 Å². The molecule has 0 fully saturated rings. The zero-order valence-corrected chi connectivity index (χ0v) is 6.96. The Hall–Kier alpha value is -1.29. The molecule has 0 aliphatic carbocycles. The van der Waals surface area contributed by atoms with Crippen LogP contribution in [0.4, 0.5) is 11.5 Å². The third kappa shape index (κ3) is 2.39. The fourth-order valence-corrected chi connectivity index (χ4v) is 0.892. The third-order valence-corrected chi connectivity index (χ3v) is 1.53. The Bertz CT molecular complexity index is 236. The van der Waals surface area contributed by atoms with Gasteiger partial charge in [-0.2, -0.15) is 0 Å². The molecule has 1 aromatic heterocycles. The van der Waals surface area contributed by atoms with Crippen molar-refractivity contribution in [3.63, 3.8) is 0 Å². The van der Waals surface area contributed by atoms with Gasteiger partial charge in [0.05, 0.1) is 5.69 Å². The summed E-state index contributed by atoms with van der Waals surface area (Å²) in [7, 11) is 0. The quantitative estimate of drug-likeness (QED) is 0.567. The molecule has 0 atom stereocenters. The summed E-state index contributed by atoms with van der Waals surface area (Å²) in [4.78, 5) is 3.94. The van der Waals surface area contributed by atoms with Gasteiger partial charge in [-0.25, -0.2) is 4.98 Å². The van der Waals surface area contributed by atoms with Crippen LogP contribution in [-0.4, -0.2) is 18.1 Å². The number of hydrogen-bond donors (Lipinski definition) is 3. The second kappa shape index (κ2) is 4.56. The van der Waals surface area contributed by atoms with E-state index >= 15 is 0 Å². The van der Waals surface area contributed by atoms with E-state index in [4.69, 9.17) is 11.5 Å². The molecule has 5 N–H and O–H groups in total. The van der Waals surface area contributed by atoms with Gasteiger partial charge in [0.15, 0.2) is 0 Å². The van der Waals surface area contributed by atoms with Crippen molar-refractivity contribution in [2.75, 3.05) is 24.1 Å². The number of nitrogens with two attached hydrogens (primary N) is 2. The fraction of sp³-hybridized carbons (Fsp3) is 0.375. The average molecular weight is 166 g/mol. The summed E-state index contributed by atoms with van der Waals surface area (Å²) in [5.41, 5.74) is 11.8. The standard InChI is InChI=1S/C8H14N4/c9-4-2-6-11-7-3-1-5-12-8(7)10/h1,3,5,11H,2,4,6,9H2,(H2,10,12). The first-order valence-corrected chi connectivity index (χ1v) is 3.99. The van der Waals surface area contributed by atoms with Gasteiger partial charge in [-0.1, -0.05) is 0 Å². The van der Waals surface area contributed by atoms with E-state index in [1.807, 2.05) is 12.1 Å². The lowest BCUT2D eigenvalue weighted by atomic mass is 10.3. The molecule has 0 saturated heterocycles. The van der Waals surface area contributed by atoms with Crippen LogP contribution >= 0.6 is 0 Å². The summed E-state index contributed by atoms with van der Waals surface area (Å²) in [6.45, 7) is 1.53. The molecule has 0 spiro atoms. The molecule has 0 unspecified atom stereocenters. The molecule has 0 aromatic carbocycles. The van der Waals surface area contributed by atoms with Gasteiger partial charge in [-0.15, -0.1) is 0 Å². The van der Waals surface area contributed by atoms with Crippen molar-refractivity contribution in [2.45, 2.75) is 6.42 Å². The van der Waals surface area contributed by atoms with Gasteiger partial charge in [0.25, 0.3) is 0 Å². The lowest BCUT2D eigenvalue weighted by Crippen LogP contribution is -2.09. The molecule has 66 valence electrons. The van der Waals surface area contributed by atoms with Crippen molar-refractivity contribution in [3.8, 4) is 0 Å². The summed E-state index contributed by atoms with van der Waals surface area (Å²) in [5.74, 6) is 0.537. The summed E-state index contributed by atoms with van der Waals surface area (Å²) in [6.07, 6.45) is 2.61. The largest absolute Gasteiger partial charge is 0.382 e. The SMILES string of the molecule is NCCCNc1cccnc1N. The lowest BCUT2D eigenvalue weighted by Gasteiger charge is -2.06. The molecule has 0 amide bonds. The van der Waals surface area contributed by atoms with Crippen molar-refractivity contribution < 1.29 is 0 Å². The summed E-state index contributed by atoms with van der Waals surface area (Å²) in [6, 6.07) is 3.75. The number of nitrogens with one attached hydrogen (secondary N) is 1. The molecule has 0 saturated carbocycles. The van der Waals surface area contributed by atoms with E-state index in [0.29, 0.717) is 12.4 Å². The Morgan fingerprint density at radius 2 is 2.33 bits per heavy atom. The zero-order chi connectivity index (χ0) is 8.81. The van der Waals surface area contributed by atoms with Crippen LogP contribution in [0.5, 0.6) is 0 Å². The maximum atomic E-state index is 5.60. The molecular formula is C8H14N4. The van der Waals surface area contributed by atoms with Crippen LogP contribution in [0.3, 0.4) is 0 Å². The van der Waals surface area contributed by atoms with E-state index in [0.717, 1.165) is 18.7 Å². The van der Waals surface area contributed by atoms with E-state index in [2.05, 4.69) is 10.3 Å². The van der Waals surface area contributed by atoms with Crippen LogP contribution in [-0.2, 0) is 0 Å². The van der Waals surface area contributed by atoms with E-state index in [1.54, 1.807) is 6.20 Å². The van der Waals surface area contributed by atoms with Crippen molar-refractivity contribution >= 4 is 11.5 Å². The van der Waals surface area contributed by atoms with E-state index in [-0.39, 0.29) is 0 Å². The van der Waals surface area contributed by atoms with Gasteiger partial charge < -0.3 is 16.8 Å². The Labute approximate surface area is 72.0 Å². The Morgan fingerprint density at radius 1 is 1.50 bits per heavy atom. The average Bonchev–Trinajstić information content (AvgIpc) is 2.09. The van der Waals surface area contributed by atoms with Crippen molar-refractivity contribution in [3.05, 3.63) is 18.3 Å². The number of rotatable bonds is 4. The highest BCUT2D eigenvalue weighted by Gasteiger charge is 1.95. The first-order chi connectivity index (χ1) is 5.84. The molecular weight excluding hydrogens is 152 g/mol. The van der Waals surface area contributed by atoms with Gasteiger partial charge >= 0.3 is 0 Å². The minimum Gasteiger partial charge on any atom is -0.382 e. The molecule has 1 aromatic rings. The molecule has 0 aliphatic heterocycles. The summed E-state index contributed by atoms with van der Waals surface area (Å²) < 4.78 is 0. The highest BCUT2D eigenvalue weighted by atomic mass is 14.9. The normalized spacial score (nSPS) is 9.75. The van der Waals surface area contributed by atoms with Crippen LogP contribution in [0, 0.1) is 0 Å². The minimum atomic E-state index is 0.537.